The van der Waals surface area contributed by atoms with Crippen molar-refractivity contribution in [3.8, 4) is 17.0 Å². The summed E-state index contributed by atoms with van der Waals surface area (Å²) in [5.41, 5.74) is 4.54. The van der Waals surface area contributed by atoms with E-state index in [1.54, 1.807) is 11.3 Å². The summed E-state index contributed by atoms with van der Waals surface area (Å²) in [4.78, 5) is 6.20. The fourth-order valence-electron chi connectivity index (χ4n) is 2.73. The molecule has 0 aliphatic carbocycles. The molecule has 130 valence electrons. The molecule has 4 heteroatoms. The normalized spacial score (nSPS) is 10.7. The van der Waals surface area contributed by atoms with Crippen LogP contribution in [-0.2, 0) is 6.42 Å². The zero-order chi connectivity index (χ0) is 17.6. The SMILES string of the molecule is CCCc1sc(Nc2ccccc2C)nc1-c1ccc(OCC)cc1. The van der Waals surface area contributed by atoms with E-state index < -0.39 is 0 Å². The van der Waals surface area contributed by atoms with Crippen molar-refractivity contribution in [2.45, 2.75) is 33.6 Å². The van der Waals surface area contributed by atoms with Crippen LogP contribution in [0.25, 0.3) is 11.3 Å². The number of aryl methyl sites for hydroxylation is 2. The Hall–Kier alpha value is -2.33. The maximum Gasteiger partial charge on any atom is 0.187 e. The maximum atomic E-state index is 5.54. The molecule has 0 spiro atoms. The number of aromatic nitrogens is 1. The first-order chi connectivity index (χ1) is 12.2. The highest BCUT2D eigenvalue weighted by atomic mass is 32.1. The van der Waals surface area contributed by atoms with Crippen molar-refractivity contribution in [3.63, 3.8) is 0 Å². The van der Waals surface area contributed by atoms with Gasteiger partial charge >= 0.3 is 0 Å². The number of nitrogens with zero attached hydrogens (tertiary/aromatic N) is 1. The quantitative estimate of drug-likeness (QED) is 0.548. The molecular formula is C21H24N2OS. The van der Waals surface area contributed by atoms with Crippen LogP contribution in [0, 0.1) is 6.92 Å². The average Bonchev–Trinajstić information content (AvgIpc) is 3.01. The van der Waals surface area contributed by atoms with Crippen LogP contribution in [0.5, 0.6) is 5.75 Å². The van der Waals surface area contributed by atoms with Gasteiger partial charge in [-0.25, -0.2) is 4.98 Å². The van der Waals surface area contributed by atoms with Crippen molar-refractivity contribution in [3.05, 3.63) is 59.0 Å². The van der Waals surface area contributed by atoms with Gasteiger partial charge in [0.1, 0.15) is 5.75 Å². The van der Waals surface area contributed by atoms with Gasteiger partial charge in [0.15, 0.2) is 5.13 Å². The predicted octanol–water partition coefficient (Wildman–Crippen LogP) is 6.21. The highest BCUT2D eigenvalue weighted by Gasteiger charge is 2.13. The molecule has 3 rings (SSSR count). The van der Waals surface area contributed by atoms with Crippen molar-refractivity contribution >= 4 is 22.2 Å². The first-order valence-electron chi connectivity index (χ1n) is 8.76. The minimum Gasteiger partial charge on any atom is -0.494 e. The Kier molecular flexibility index (Phi) is 5.71. The Morgan fingerprint density at radius 3 is 2.48 bits per heavy atom. The molecule has 0 saturated heterocycles. The minimum absolute atomic E-state index is 0.682. The molecule has 0 atom stereocenters. The predicted molar refractivity (Wildman–Crippen MR) is 107 cm³/mol. The lowest BCUT2D eigenvalue weighted by Gasteiger charge is -2.06. The lowest BCUT2D eigenvalue weighted by molar-refractivity contribution is 0.340. The Morgan fingerprint density at radius 2 is 1.80 bits per heavy atom. The molecule has 25 heavy (non-hydrogen) atoms. The number of hydrogen-bond acceptors (Lipinski definition) is 4. The molecule has 0 unspecified atom stereocenters. The number of ether oxygens (including phenoxy) is 1. The maximum absolute atomic E-state index is 5.54. The van der Waals surface area contributed by atoms with Gasteiger partial charge < -0.3 is 10.1 Å². The van der Waals surface area contributed by atoms with Crippen molar-refractivity contribution in [2.75, 3.05) is 11.9 Å². The third-order valence-corrected chi connectivity index (χ3v) is 5.03. The van der Waals surface area contributed by atoms with Gasteiger partial charge in [-0.2, -0.15) is 0 Å². The van der Waals surface area contributed by atoms with Gasteiger partial charge in [-0.1, -0.05) is 31.5 Å². The van der Waals surface area contributed by atoms with E-state index in [0.29, 0.717) is 6.61 Å². The van der Waals surface area contributed by atoms with E-state index >= 15 is 0 Å². The molecule has 0 radical (unpaired) electrons. The van der Waals surface area contributed by atoms with Gasteiger partial charge in [0.25, 0.3) is 0 Å². The fraction of sp³-hybridized carbons (Fsp3) is 0.286. The van der Waals surface area contributed by atoms with Crippen molar-refractivity contribution < 1.29 is 4.74 Å². The van der Waals surface area contributed by atoms with Gasteiger partial charge in [0, 0.05) is 16.1 Å². The molecule has 0 aliphatic heterocycles. The first-order valence-corrected chi connectivity index (χ1v) is 9.58. The summed E-state index contributed by atoms with van der Waals surface area (Å²) >= 11 is 1.74. The van der Waals surface area contributed by atoms with E-state index in [1.165, 1.54) is 10.4 Å². The second kappa shape index (κ2) is 8.17. The molecule has 0 fully saturated rings. The lowest BCUT2D eigenvalue weighted by atomic mass is 10.1. The van der Waals surface area contributed by atoms with E-state index in [1.807, 2.05) is 25.1 Å². The number of thiazole rings is 1. The molecular weight excluding hydrogens is 328 g/mol. The van der Waals surface area contributed by atoms with Crippen LogP contribution in [0.4, 0.5) is 10.8 Å². The van der Waals surface area contributed by atoms with Gasteiger partial charge in [0.05, 0.1) is 12.3 Å². The van der Waals surface area contributed by atoms with Gasteiger partial charge in [-0.15, -0.1) is 11.3 Å². The smallest absolute Gasteiger partial charge is 0.187 e. The van der Waals surface area contributed by atoms with Gasteiger partial charge in [-0.3, -0.25) is 0 Å². The third-order valence-electron chi connectivity index (χ3n) is 4.00. The molecule has 3 aromatic rings. The summed E-state index contributed by atoms with van der Waals surface area (Å²) in [6.07, 6.45) is 2.14. The van der Waals surface area contributed by atoms with Crippen molar-refractivity contribution in [1.82, 2.24) is 4.98 Å². The van der Waals surface area contributed by atoms with E-state index in [9.17, 15) is 0 Å². The second-order valence-electron chi connectivity index (χ2n) is 5.94. The third kappa shape index (κ3) is 4.20. The Balaban J connectivity index is 1.90. The van der Waals surface area contributed by atoms with Crippen LogP contribution in [0.2, 0.25) is 0 Å². The number of nitrogens with one attached hydrogen (secondary N) is 1. The molecule has 0 amide bonds. The molecule has 0 bridgehead atoms. The van der Waals surface area contributed by atoms with Crippen LogP contribution in [0.3, 0.4) is 0 Å². The van der Waals surface area contributed by atoms with Crippen LogP contribution >= 0.6 is 11.3 Å². The van der Waals surface area contributed by atoms with Crippen LogP contribution in [-0.4, -0.2) is 11.6 Å². The number of benzene rings is 2. The zero-order valence-electron chi connectivity index (χ0n) is 15.0. The van der Waals surface area contributed by atoms with Crippen molar-refractivity contribution in [2.24, 2.45) is 0 Å². The molecule has 1 N–H and O–H groups in total. The number of para-hydroxylation sites is 1. The second-order valence-corrected chi connectivity index (χ2v) is 7.02. The monoisotopic (exact) mass is 352 g/mol. The highest BCUT2D eigenvalue weighted by molar-refractivity contribution is 7.16. The van der Waals surface area contributed by atoms with Crippen LogP contribution in [0.1, 0.15) is 30.7 Å². The Bertz CT molecular complexity index is 824. The molecule has 0 saturated carbocycles. The summed E-state index contributed by atoms with van der Waals surface area (Å²) < 4.78 is 5.54. The number of rotatable bonds is 7. The standard InChI is InChI=1S/C21H24N2OS/c1-4-8-19-20(16-11-13-17(14-12-16)24-5-2)23-21(25-19)22-18-10-7-6-9-15(18)3/h6-7,9-14H,4-5,8H2,1-3H3,(H,22,23). The minimum atomic E-state index is 0.682. The topological polar surface area (TPSA) is 34.2 Å². The summed E-state index contributed by atoms with van der Waals surface area (Å²) in [6, 6.07) is 16.5. The van der Waals surface area contributed by atoms with E-state index in [-0.39, 0.29) is 0 Å². The molecule has 3 nitrogen and oxygen atoms in total. The summed E-state index contributed by atoms with van der Waals surface area (Å²) in [5, 5.41) is 4.42. The first kappa shape index (κ1) is 17.5. The van der Waals surface area contributed by atoms with E-state index in [2.05, 4.69) is 49.5 Å². The molecule has 1 heterocycles. The van der Waals surface area contributed by atoms with Gasteiger partial charge in [-0.05, 0) is 56.2 Å². The zero-order valence-corrected chi connectivity index (χ0v) is 15.8. The Morgan fingerprint density at radius 1 is 1.04 bits per heavy atom. The van der Waals surface area contributed by atoms with Gasteiger partial charge in [0.2, 0.25) is 0 Å². The van der Waals surface area contributed by atoms with Crippen LogP contribution < -0.4 is 10.1 Å². The van der Waals surface area contributed by atoms with Crippen molar-refractivity contribution in [1.29, 1.82) is 0 Å². The highest BCUT2D eigenvalue weighted by Crippen LogP contribution is 2.34. The number of anilines is 2. The Labute approximate surface area is 153 Å². The summed E-state index contributed by atoms with van der Waals surface area (Å²) in [6.45, 7) is 6.99. The number of hydrogen-bond donors (Lipinski definition) is 1. The summed E-state index contributed by atoms with van der Waals surface area (Å²) in [5.74, 6) is 0.900. The van der Waals surface area contributed by atoms with Crippen LogP contribution in [0.15, 0.2) is 48.5 Å². The average molecular weight is 353 g/mol. The van der Waals surface area contributed by atoms with E-state index in [0.717, 1.165) is 40.7 Å². The lowest BCUT2D eigenvalue weighted by Crippen LogP contribution is -1.93. The molecule has 0 aliphatic rings. The molecule has 2 aromatic carbocycles. The largest absolute Gasteiger partial charge is 0.494 e. The van der Waals surface area contributed by atoms with E-state index in [4.69, 9.17) is 9.72 Å². The summed E-state index contributed by atoms with van der Waals surface area (Å²) in [7, 11) is 0. The molecule has 1 aromatic heterocycles. The fourth-order valence-corrected chi connectivity index (χ4v) is 3.83.